The predicted octanol–water partition coefficient (Wildman–Crippen LogP) is 0.982. The number of carboxylic acids is 1. The molecule has 1 N–H and O–H groups in total. The van der Waals surface area contributed by atoms with E-state index in [4.69, 9.17) is 5.11 Å². The highest BCUT2D eigenvalue weighted by molar-refractivity contribution is 5.96. The summed E-state index contributed by atoms with van der Waals surface area (Å²) in [6.45, 7) is 1.35. The first-order valence-electron chi connectivity index (χ1n) is 6.36. The van der Waals surface area contributed by atoms with Gasteiger partial charge in [0.2, 0.25) is 5.91 Å². The maximum atomic E-state index is 12.2. The molecule has 0 spiro atoms. The van der Waals surface area contributed by atoms with Crippen LogP contribution in [-0.2, 0) is 16.0 Å². The predicted molar refractivity (Wildman–Crippen MR) is 72.2 cm³/mol. The third-order valence-electron chi connectivity index (χ3n) is 3.30. The van der Waals surface area contributed by atoms with Crippen molar-refractivity contribution in [3.05, 3.63) is 29.8 Å². The number of aliphatic carboxylic acids is 1. The van der Waals surface area contributed by atoms with Crippen LogP contribution in [0.5, 0.6) is 0 Å². The van der Waals surface area contributed by atoms with E-state index < -0.39 is 5.97 Å². The van der Waals surface area contributed by atoms with Gasteiger partial charge in [0.05, 0.1) is 13.0 Å². The molecule has 0 saturated heterocycles. The average Bonchev–Trinajstić information content (AvgIpc) is 2.80. The number of carbonyl (C=O) groups excluding carboxylic acids is 1. The van der Waals surface area contributed by atoms with Crippen molar-refractivity contribution in [3.8, 4) is 0 Å². The molecule has 1 amide bonds. The monoisotopic (exact) mass is 262 g/mol. The minimum Gasteiger partial charge on any atom is -0.481 e. The minimum atomic E-state index is -0.842. The second-order valence-electron chi connectivity index (χ2n) is 4.81. The molecule has 2 rings (SSSR count). The molecule has 0 saturated carbocycles. The molecular weight excluding hydrogens is 244 g/mol. The Bertz CT molecular complexity index is 487. The Morgan fingerprint density at radius 1 is 1.37 bits per heavy atom. The number of hydrogen-bond acceptors (Lipinski definition) is 3. The number of para-hydroxylation sites is 1. The second kappa shape index (κ2) is 5.84. The lowest BCUT2D eigenvalue weighted by Gasteiger charge is -2.21. The molecule has 1 aliphatic heterocycles. The SMILES string of the molecule is CN(CCC(=O)O)CC(=O)N1CCc2ccccc21. The van der Waals surface area contributed by atoms with Crippen molar-refractivity contribution < 1.29 is 14.7 Å². The van der Waals surface area contributed by atoms with Crippen LogP contribution in [0.25, 0.3) is 0 Å². The molecule has 1 aromatic rings. The molecule has 5 nitrogen and oxygen atoms in total. The standard InChI is InChI=1S/C14H18N2O3/c1-15(8-7-14(18)19)10-13(17)16-9-6-11-4-2-3-5-12(11)16/h2-5H,6-10H2,1H3,(H,18,19). The normalized spacial score (nSPS) is 13.7. The lowest BCUT2D eigenvalue weighted by atomic mass is 10.2. The summed E-state index contributed by atoms with van der Waals surface area (Å²) < 4.78 is 0. The largest absolute Gasteiger partial charge is 0.481 e. The van der Waals surface area contributed by atoms with Gasteiger partial charge in [-0.15, -0.1) is 0 Å². The number of nitrogens with zero attached hydrogens (tertiary/aromatic N) is 2. The molecule has 0 fully saturated rings. The Morgan fingerprint density at radius 2 is 2.11 bits per heavy atom. The Morgan fingerprint density at radius 3 is 2.84 bits per heavy atom. The van der Waals surface area contributed by atoms with Crippen LogP contribution >= 0.6 is 0 Å². The number of benzene rings is 1. The molecule has 1 heterocycles. The topological polar surface area (TPSA) is 60.9 Å². The number of anilines is 1. The van der Waals surface area contributed by atoms with Crippen LogP contribution in [0.1, 0.15) is 12.0 Å². The number of likely N-dealkylation sites (N-methyl/N-ethyl adjacent to an activating group) is 1. The van der Waals surface area contributed by atoms with Crippen molar-refractivity contribution in [2.45, 2.75) is 12.8 Å². The molecule has 0 aromatic heterocycles. The maximum absolute atomic E-state index is 12.2. The minimum absolute atomic E-state index is 0.0258. The number of carbonyl (C=O) groups is 2. The molecule has 102 valence electrons. The van der Waals surface area contributed by atoms with E-state index in [1.165, 1.54) is 5.56 Å². The molecule has 1 aromatic carbocycles. The highest BCUT2D eigenvalue weighted by atomic mass is 16.4. The van der Waals surface area contributed by atoms with Gasteiger partial charge >= 0.3 is 5.97 Å². The van der Waals surface area contributed by atoms with Crippen LogP contribution in [0.3, 0.4) is 0 Å². The van der Waals surface area contributed by atoms with Crippen LogP contribution < -0.4 is 4.90 Å². The maximum Gasteiger partial charge on any atom is 0.304 e. The zero-order valence-electron chi connectivity index (χ0n) is 11.0. The zero-order valence-corrected chi connectivity index (χ0v) is 11.0. The highest BCUT2D eigenvalue weighted by Gasteiger charge is 2.24. The summed E-state index contributed by atoms with van der Waals surface area (Å²) in [5, 5.41) is 8.62. The number of fused-ring (bicyclic) bond motifs is 1. The molecule has 1 aliphatic rings. The van der Waals surface area contributed by atoms with E-state index in [9.17, 15) is 9.59 Å². The van der Waals surface area contributed by atoms with Gasteiger partial charge in [-0.3, -0.25) is 14.5 Å². The van der Waals surface area contributed by atoms with Crippen molar-refractivity contribution >= 4 is 17.6 Å². The third kappa shape index (κ3) is 3.32. The van der Waals surface area contributed by atoms with Gasteiger partial charge in [-0.05, 0) is 25.1 Å². The first kappa shape index (κ1) is 13.5. The summed E-state index contributed by atoms with van der Waals surface area (Å²) in [6, 6.07) is 7.90. The summed E-state index contributed by atoms with van der Waals surface area (Å²) in [5.74, 6) is -0.816. The first-order chi connectivity index (χ1) is 9.08. The first-order valence-corrected chi connectivity index (χ1v) is 6.36. The van der Waals surface area contributed by atoms with Gasteiger partial charge < -0.3 is 10.0 Å². The van der Waals surface area contributed by atoms with E-state index in [0.717, 1.165) is 12.1 Å². The van der Waals surface area contributed by atoms with Crippen LogP contribution in [0.2, 0.25) is 0 Å². The highest BCUT2D eigenvalue weighted by Crippen LogP contribution is 2.27. The Kier molecular flexibility index (Phi) is 4.16. The van der Waals surface area contributed by atoms with Gasteiger partial charge in [-0.1, -0.05) is 18.2 Å². The molecule has 0 bridgehead atoms. The summed E-state index contributed by atoms with van der Waals surface area (Å²) in [6.07, 6.45) is 0.946. The van der Waals surface area contributed by atoms with Crippen molar-refractivity contribution in [2.75, 3.05) is 31.6 Å². The fourth-order valence-corrected chi connectivity index (χ4v) is 2.28. The molecule has 0 aliphatic carbocycles. The van der Waals surface area contributed by atoms with Gasteiger partial charge in [-0.2, -0.15) is 0 Å². The number of amides is 1. The quantitative estimate of drug-likeness (QED) is 0.859. The fourth-order valence-electron chi connectivity index (χ4n) is 2.28. The molecular formula is C14H18N2O3. The molecule has 0 atom stereocenters. The summed E-state index contributed by atoms with van der Waals surface area (Å²) in [4.78, 5) is 26.2. The van der Waals surface area contributed by atoms with E-state index >= 15 is 0 Å². The average molecular weight is 262 g/mol. The summed E-state index contributed by atoms with van der Waals surface area (Å²) in [7, 11) is 1.77. The van der Waals surface area contributed by atoms with Gasteiger partial charge in [-0.25, -0.2) is 0 Å². The van der Waals surface area contributed by atoms with Crippen LogP contribution in [0, 0.1) is 0 Å². The Labute approximate surface area is 112 Å². The smallest absolute Gasteiger partial charge is 0.304 e. The van der Waals surface area contributed by atoms with Gasteiger partial charge in [0.15, 0.2) is 0 Å². The van der Waals surface area contributed by atoms with Gasteiger partial charge in [0.1, 0.15) is 0 Å². The van der Waals surface area contributed by atoms with E-state index in [2.05, 4.69) is 0 Å². The summed E-state index contributed by atoms with van der Waals surface area (Å²) >= 11 is 0. The number of rotatable bonds is 5. The van der Waals surface area contributed by atoms with Crippen LogP contribution in [0.4, 0.5) is 5.69 Å². The van der Waals surface area contributed by atoms with Crippen molar-refractivity contribution in [2.24, 2.45) is 0 Å². The lowest BCUT2D eigenvalue weighted by Crippen LogP contribution is -2.38. The zero-order chi connectivity index (χ0) is 13.8. The molecule has 5 heteroatoms. The lowest BCUT2D eigenvalue weighted by molar-refractivity contribution is -0.137. The Hall–Kier alpha value is -1.88. The van der Waals surface area contributed by atoms with E-state index in [0.29, 0.717) is 13.1 Å². The third-order valence-corrected chi connectivity index (χ3v) is 3.30. The number of carboxylic acid groups (broad SMARTS) is 1. The number of hydrogen-bond donors (Lipinski definition) is 1. The van der Waals surface area contributed by atoms with Crippen LogP contribution in [0.15, 0.2) is 24.3 Å². The molecule has 0 unspecified atom stereocenters. The molecule has 19 heavy (non-hydrogen) atoms. The summed E-state index contributed by atoms with van der Waals surface area (Å²) in [5.41, 5.74) is 2.18. The van der Waals surface area contributed by atoms with E-state index in [1.807, 2.05) is 24.3 Å². The fraction of sp³-hybridized carbons (Fsp3) is 0.429. The second-order valence-corrected chi connectivity index (χ2v) is 4.81. The van der Waals surface area contributed by atoms with Gasteiger partial charge in [0, 0.05) is 18.8 Å². The van der Waals surface area contributed by atoms with Crippen molar-refractivity contribution in [3.63, 3.8) is 0 Å². The van der Waals surface area contributed by atoms with E-state index in [-0.39, 0.29) is 18.9 Å². The van der Waals surface area contributed by atoms with Crippen molar-refractivity contribution in [1.82, 2.24) is 4.90 Å². The van der Waals surface area contributed by atoms with Crippen molar-refractivity contribution in [1.29, 1.82) is 0 Å². The van der Waals surface area contributed by atoms with Crippen LogP contribution in [-0.4, -0.2) is 48.6 Å². The van der Waals surface area contributed by atoms with E-state index in [1.54, 1.807) is 16.8 Å². The molecule has 0 radical (unpaired) electrons. The Balaban J connectivity index is 1.93. The van der Waals surface area contributed by atoms with Gasteiger partial charge in [0.25, 0.3) is 0 Å².